The van der Waals surface area contributed by atoms with Crippen LogP contribution in [0.25, 0.3) is 0 Å². The highest BCUT2D eigenvalue weighted by Gasteiger charge is 2.55. The number of aryl methyl sites for hydroxylation is 1. The van der Waals surface area contributed by atoms with E-state index in [9.17, 15) is 8.42 Å². The maximum Gasteiger partial charge on any atom is 0.244 e. The number of nitrogens with one attached hydrogen (secondary N) is 1. The second-order valence-corrected chi connectivity index (χ2v) is 11.0. The number of benzene rings is 1. The van der Waals surface area contributed by atoms with E-state index < -0.39 is 10.0 Å². The van der Waals surface area contributed by atoms with Gasteiger partial charge in [-0.3, -0.25) is 0 Å². The van der Waals surface area contributed by atoms with Crippen molar-refractivity contribution in [1.82, 2.24) is 14.2 Å². The fourth-order valence-electron chi connectivity index (χ4n) is 5.28. The summed E-state index contributed by atoms with van der Waals surface area (Å²) in [5, 5.41) is 3.45. The van der Waals surface area contributed by atoms with E-state index in [1.54, 1.807) is 22.0 Å². The molecule has 5 rings (SSSR count). The first-order valence-corrected chi connectivity index (χ1v) is 12.4. The zero-order chi connectivity index (χ0) is 20.8. The van der Waals surface area contributed by atoms with Crippen molar-refractivity contribution in [2.45, 2.75) is 36.0 Å². The molecule has 1 spiro atoms. The summed E-state index contributed by atoms with van der Waals surface area (Å²) in [6.45, 7) is 3.47. The molecule has 3 aliphatic rings. The number of hydrogen-bond donors (Lipinski definition) is 1. The SMILES string of the molecule is CN1CCN(S(=O)(=O)c2ccc(NCC3CC34CCCc3ccccc34)nc2)CC1. The largest absolute Gasteiger partial charge is 0.370 e. The molecule has 6 nitrogen and oxygen atoms in total. The number of fused-ring (bicyclic) bond motifs is 2. The fraction of sp³-hybridized carbons (Fsp3) is 0.522. The smallest absolute Gasteiger partial charge is 0.244 e. The Kier molecular flexibility index (Phi) is 5.08. The van der Waals surface area contributed by atoms with Crippen LogP contribution in [-0.2, 0) is 21.9 Å². The predicted octanol–water partition coefficient (Wildman–Crippen LogP) is 2.72. The first kappa shape index (κ1) is 20.0. The molecule has 30 heavy (non-hydrogen) atoms. The summed E-state index contributed by atoms with van der Waals surface area (Å²) in [6, 6.07) is 12.4. The van der Waals surface area contributed by atoms with E-state index in [2.05, 4.69) is 39.5 Å². The van der Waals surface area contributed by atoms with E-state index in [1.807, 2.05) is 7.05 Å². The molecule has 7 heteroatoms. The van der Waals surface area contributed by atoms with Crippen molar-refractivity contribution in [3.8, 4) is 0 Å². The maximum atomic E-state index is 12.8. The van der Waals surface area contributed by atoms with Crippen LogP contribution in [0.3, 0.4) is 0 Å². The average Bonchev–Trinajstić information content (AvgIpc) is 3.46. The van der Waals surface area contributed by atoms with Crippen LogP contribution >= 0.6 is 0 Å². The third kappa shape index (κ3) is 3.53. The van der Waals surface area contributed by atoms with Gasteiger partial charge in [0.2, 0.25) is 10.0 Å². The Bertz CT molecular complexity index is 1020. The minimum atomic E-state index is -3.46. The van der Waals surface area contributed by atoms with Gasteiger partial charge in [0.25, 0.3) is 0 Å². The molecule has 2 aliphatic carbocycles. The number of nitrogens with zero attached hydrogens (tertiary/aromatic N) is 3. The number of aromatic nitrogens is 1. The molecule has 0 radical (unpaired) electrons. The molecule has 160 valence electrons. The van der Waals surface area contributed by atoms with Crippen molar-refractivity contribution >= 4 is 15.8 Å². The number of hydrogen-bond acceptors (Lipinski definition) is 5. The highest BCUT2D eigenvalue weighted by atomic mass is 32.2. The van der Waals surface area contributed by atoms with Crippen LogP contribution in [0.2, 0.25) is 0 Å². The molecule has 0 amide bonds. The molecule has 0 bridgehead atoms. The van der Waals surface area contributed by atoms with Crippen LogP contribution in [-0.4, -0.2) is 62.4 Å². The Balaban J connectivity index is 1.22. The van der Waals surface area contributed by atoms with Crippen molar-refractivity contribution in [3.63, 3.8) is 0 Å². The van der Waals surface area contributed by atoms with E-state index in [0.29, 0.717) is 24.4 Å². The molecule has 2 heterocycles. The van der Waals surface area contributed by atoms with Gasteiger partial charge in [0, 0.05) is 44.3 Å². The number of sulfonamides is 1. The number of likely N-dealkylation sites (N-methyl/N-ethyl adjacent to an activating group) is 1. The van der Waals surface area contributed by atoms with E-state index in [4.69, 9.17) is 0 Å². The van der Waals surface area contributed by atoms with Gasteiger partial charge in [-0.2, -0.15) is 4.31 Å². The van der Waals surface area contributed by atoms with Crippen molar-refractivity contribution in [3.05, 3.63) is 53.7 Å². The third-order valence-corrected chi connectivity index (χ3v) is 9.10. The van der Waals surface area contributed by atoms with Gasteiger partial charge in [-0.1, -0.05) is 24.3 Å². The Morgan fingerprint density at radius 2 is 1.93 bits per heavy atom. The van der Waals surface area contributed by atoms with Crippen LogP contribution in [0.5, 0.6) is 0 Å². The zero-order valence-electron chi connectivity index (χ0n) is 17.5. The quantitative estimate of drug-likeness (QED) is 0.796. The summed E-state index contributed by atoms with van der Waals surface area (Å²) in [7, 11) is -1.44. The molecule has 2 fully saturated rings. The van der Waals surface area contributed by atoms with Gasteiger partial charge in [-0.15, -0.1) is 0 Å². The van der Waals surface area contributed by atoms with Crippen LogP contribution in [0, 0.1) is 5.92 Å². The van der Waals surface area contributed by atoms with Crippen LogP contribution in [0.15, 0.2) is 47.5 Å². The van der Waals surface area contributed by atoms with Crippen molar-refractivity contribution in [2.75, 3.05) is 45.1 Å². The van der Waals surface area contributed by atoms with E-state index in [1.165, 1.54) is 37.4 Å². The Morgan fingerprint density at radius 1 is 1.13 bits per heavy atom. The molecule has 1 aromatic carbocycles. The number of pyridine rings is 1. The van der Waals surface area contributed by atoms with Crippen molar-refractivity contribution in [1.29, 1.82) is 0 Å². The molecular formula is C23H30N4O2S. The second-order valence-electron chi connectivity index (χ2n) is 9.04. The highest BCUT2D eigenvalue weighted by Crippen LogP contribution is 2.60. The molecule has 1 saturated carbocycles. The Labute approximate surface area is 179 Å². The third-order valence-electron chi connectivity index (χ3n) is 7.22. The van der Waals surface area contributed by atoms with Gasteiger partial charge in [-0.25, -0.2) is 13.4 Å². The topological polar surface area (TPSA) is 65.5 Å². The minimum Gasteiger partial charge on any atom is -0.370 e. The summed E-state index contributed by atoms with van der Waals surface area (Å²) < 4.78 is 27.3. The molecule has 1 aromatic heterocycles. The fourth-order valence-corrected chi connectivity index (χ4v) is 6.65. The summed E-state index contributed by atoms with van der Waals surface area (Å²) in [6.07, 6.45) is 6.46. The summed E-state index contributed by atoms with van der Waals surface area (Å²) >= 11 is 0. The van der Waals surface area contributed by atoms with E-state index in [-0.39, 0.29) is 4.90 Å². The lowest BCUT2D eigenvalue weighted by Gasteiger charge is -2.31. The zero-order valence-corrected chi connectivity index (χ0v) is 18.4. The molecule has 2 unspecified atom stereocenters. The number of piperazine rings is 1. The van der Waals surface area contributed by atoms with Gasteiger partial charge in [0.15, 0.2) is 0 Å². The maximum absolute atomic E-state index is 12.8. The summed E-state index contributed by atoms with van der Waals surface area (Å²) in [5.41, 5.74) is 3.40. The van der Waals surface area contributed by atoms with Crippen LogP contribution in [0.4, 0.5) is 5.82 Å². The first-order chi connectivity index (χ1) is 14.5. The van der Waals surface area contributed by atoms with Gasteiger partial charge in [0.1, 0.15) is 10.7 Å². The monoisotopic (exact) mass is 426 g/mol. The molecule has 1 aliphatic heterocycles. The predicted molar refractivity (Wildman–Crippen MR) is 118 cm³/mol. The average molecular weight is 427 g/mol. The van der Waals surface area contributed by atoms with Crippen molar-refractivity contribution < 1.29 is 8.42 Å². The lowest BCUT2D eigenvalue weighted by atomic mass is 9.78. The summed E-state index contributed by atoms with van der Waals surface area (Å²) in [4.78, 5) is 6.83. The van der Waals surface area contributed by atoms with Gasteiger partial charge < -0.3 is 10.2 Å². The minimum absolute atomic E-state index is 0.279. The molecular weight excluding hydrogens is 396 g/mol. The summed E-state index contributed by atoms with van der Waals surface area (Å²) in [5.74, 6) is 1.37. The van der Waals surface area contributed by atoms with Crippen LogP contribution < -0.4 is 5.32 Å². The van der Waals surface area contributed by atoms with Crippen molar-refractivity contribution in [2.24, 2.45) is 5.92 Å². The second kappa shape index (κ2) is 7.62. The van der Waals surface area contributed by atoms with E-state index >= 15 is 0 Å². The number of rotatable bonds is 5. The molecule has 2 atom stereocenters. The lowest BCUT2D eigenvalue weighted by molar-refractivity contribution is 0.222. The Hall–Kier alpha value is -1.96. The van der Waals surface area contributed by atoms with Gasteiger partial charge in [0.05, 0.1) is 0 Å². The van der Waals surface area contributed by atoms with Crippen LogP contribution in [0.1, 0.15) is 30.4 Å². The molecule has 1 saturated heterocycles. The molecule has 1 N–H and O–H groups in total. The standard InChI is InChI=1S/C23H30N4O2S/c1-26-11-13-27(14-12-26)30(28,29)20-8-9-22(25-17-20)24-16-19-15-23(19)10-4-6-18-5-2-3-7-21(18)23/h2-3,5,7-9,17,19H,4,6,10-16H2,1H3,(H,24,25). The first-order valence-electron chi connectivity index (χ1n) is 11.0. The highest BCUT2D eigenvalue weighted by molar-refractivity contribution is 7.89. The lowest BCUT2D eigenvalue weighted by Crippen LogP contribution is -2.47. The molecule has 2 aromatic rings. The van der Waals surface area contributed by atoms with Gasteiger partial charge >= 0.3 is 0 Å². The normalized spacial score (nSPS) is 27.0. The van der Waals surface area contributed by atoms with E-state index in [0.717, 1.165) is 25.5 Å². The number of anilines is 1. The van der Waals surface area contributed by atoms with Gasteiger partial charge in [-0.05, 0) is 61.9 Å². The Morgan fingerprint density at radius 3 is 2.70 bits per heavy atom.